The third kappa shape index (κ3) is 3.57. The van der Waals surface area contributed by atoms with Crippen LogP contribution in [0.5, 0.6) is 0 Å². The monoisotopic (exact) mass is 442 g/mol. The lowest BCUT2D eigenvalue weighted by molar-refractivity contribution is -0.148. The molecule has 4 aliphatic rings. The quantitative estimate of drug-likeness (QED) is 0.504. The van der Waals surface area contributed by atoms with Gasteiger partial charge in [0.1, 0.15) is 17.3 Å². The molecule has 6 rings (SSSR count). The molecule has 2 bridgehead atoms. The average molecular weight is 442 g/mol. The van der Waals surface area contributed by atoms with Crippen LogP contribution in [0.2, 0.25) is 0 Å². The van der Waals surface area contributed by atoms with Gasteiger partial charge in [0.2, 0.25) is 0 Å². The van der Waals surface area contributed by atoms with Crippen molar-refractivity contribution in [3.05, 3.63) is 41.0 Å². The Morgan fingerprint density at radius 1 is 1.12 bits per heavy atom. The first-order valence-corrected chi connectivity index (χ1v) is 10.9. The highest BCUT2D eigenvalue weighted by molar-refractivity contribution is 6.11. The fraction of sp³-hybridized carbons (Fsp3) is 0.500. The first-order chi connectivity index (χ1) is 15.3. The summed E-state index contributed by atoms with van der Waals surface area (Å²) in [5.74, 6) is -2.94. The molecule has 168 valence electrons. The fourth-order valence-electron chi connectivity index (χ4n) is 5.24. The maximum absolute atomic E-state index is 15.4. The van der Waals surface area contributed by atoms with Crippen LogP contribution >= 0.6 is 0 Å². The second-order valence-electron chi connectivity index (χ2n) is 9.04. The molecule has 8 nitrogen and oxygen atoms in total. The lowest BCUT2D eigenvalue weighted by atomic mass is 9.61. The largest absolute Gasteiger partial charge is 0.481 e. The van der Waals surface area contributed by atoms with E-state index < -0.39 is 29.6 Å². The third-order valence-corrected chi connectivity index (χ3v) is 7.03. The van der Waals surface area contributed by atoms with Gasteiger partial charge in [-0.1, -0.05) is 0 Å². The number of nitrogens with two attached hydrogens (primary N) is 1. The average Bonchev–Trinajstić information content (AvgIpc) is 3.62. The van der Waals surface area contributed by atoms with Crippen LogP contribution in [0.4, 0.5) is 20.4 Å². The highest BCUT2D eigenvalue weighted by Crippen LogP contribution is 2.47. The van der Waals surface area contributed by atoms with Crippen LogP contribution in [0.15, 0.2) is 12.3 Å². The number of aromatic nitrogens is 3. The molecule has 4 saturated carbocycles. The molecule has 0 amide bonds. The highest BCUT2D eigenvalue weighted by atomic mass is 19.1. The molecule has 4 fully saturated rings. The van der Waals surface area contributed by atoms with Crippen LogP contribution in [0.3, 0.4) is 0 Å². The van der Waals surface area contributed by atoms with Crippen molar-refractivity contribution in [1.82, 2.24) is 15.0 Å². The zero-order valence-corrected chi connectivity index (χ0v) is 17.3. The van der Waals surface area contributed by atoms with Gasteiger partial charge in [0, 0.05) is 17.5 Å². The summed E-state index contributed by atoms with van der Waals surface area (Å²) in [6, 6.07) is 0.626. The van der Waals surface area contributed by atoms with Gasteiger partial charge in [-0.3, -0.25) is 10.2 Å². The zero-order chi connectivity index (χ0) is 22.6. The molecule has 2 aromatic rings. The van der Waals surface area contributed by atoms with Crippen molar-refractivity contribution in [3.63, 3.8) is 0 Å². The molecule has 2 aromatic heterocycles. The summed E-state index contributed by atoms with van der Waals surface area (Å²) in [6.45, 7) is 0. The molecule has 0 unspecified atom stereocenters. The number of nitrogens with one attached hydrogen (secondary N) is 2. The van der Waals surface area contributed by atoms with Crippen molar-refractivity contribution in [1.29, 1.82) is 5.41 Å². The topological polar surface area (TPSA) is 138 Å². The number of fused-ring (bicyclic) bond motifs is 3. The van der Waals surface area contributed by atoms with Gasteiger partial charge in [0.05, 0.1) is 17.8 Å². The van der Waals surface area contributed by atoms with E-state index in [4.69, 9.17) is 11.1 Å². The predicted octanol–water partition coefficient (Wildman–Crippen LogP) is 3.33. The molecule has 10 heteroatoms. The van der Waals surface area contributed by atoms with Crippen molar-refractivity contribution >= 4 is 23.3 Å². The number of nitrogens with zero attached hydrogens (tertiary/aromatic N) is 3. The maximum atomic E-state index is 15.4. The first-order valence-electron chi connectivity index (χ1n) is 10.9. The lowest BCUT2D eigenvalue weighted by Gasteiger charge is -2.47. The van der Waals surface area contributed by atoms with Crippen LogP contribution in [-0.4, -0.2) is 37.8 Å². The Morgan fingerprint density at radius 2 is 1.81 bits per heavy atom. The molecule has 0 aromatic carbocycles. The Kier molecular flexibility index (Phi) is 5.02. The summed E-state index contributed by atoms with van der Waals surface area (Å²) in [4.78, 5) is 24.2. The Hall–Kier alpha value is -3.17. The van der Waals surface area contributed by atoms with E-state index in [0.29, 0.717) is 0 Å². The molecule has 2 heterocycles. The number of halogens is 2. The van der Waals surface area contributed by atoms with E-state index >= 15 is 4.39 Å². The van der Waals surface area contributed by atoms with Crippen molar-refractivity contribution in [3.8, 4) is 0 Å². The highest BCUT2D eigenvalue weighted by Gasteiger charge is 2.48. The summed E-state index contributed by atoms with van der Waals surface area (Å²) in [6.07, 6.45) is 6.00. The number of pyridine rings is 1. The molecule has 4 aliphatic carbocycles. The summed E-state index contributed by atoms with van der Waals surface area (Å²) in [5, 5.41) is 21.4. The molecule has 0 radical (unpaired) electrons. The van der Waals surface area contributed by atoms with E-state index in [9.17, 15) is 14.3 Å². The van der Waals surface area contributed by atoms with Gasteiger partial charge >= 0.3 is 5.97 Å². The Balaban J connectivity index is 1.54. The number of carboxylic acid groups (broad SMARTS) is 1. The Bertz CT molecular complexity index is 1100. The van der Waals surface area contributed by atoms with Gasteiger partial charge < -0.3 is 16.2 Å². The van der Waals surface area contributed by atoms with Crippen LogP contribution < -0.4 is 11.1 Å². The minimum absolute atomic E-state index is 0.0180. The Morgan fingerprint density at radius 3 is 2.47 bits per heavy atom. The predicted molar refractivity (Wildman–Crippen MR) is 112 cm³/mol. The lowest BCUT2D eigenvalue weighted by Crippen LogP contribution is -2.51. The third-order valence-electron chi connectivity index (χ3n) is 7.03. The maximum Gasteiger partial charge on any atom is 0.308 e. The smallest absolute Gasteiger partial charge is 0.308 e. The molecule has 0 spiro atoms. The molecular weight excluding hydrogens is 418 g/mol. The second-order valence-corrected chi connectivity index (χ2v) is 9.04. The van der Waals surface area contributed by atoms with E-state index in [1.54, 1.807) is 0 Å². The summed E-state index contributed by atoms with van der Waals surface area (Å²) >= 11 is 0. The Labute approximate surface area is 183 Å². The van der Waals surface area contributed by atoms with Gasteiger partial charge in [-0.25, -0.2) is 23.7 Å². The van der Waals surface area contributed by atoms with Gasteiger partial charge in [0.15, 0.2) is 17.5 Å². The molecular formula is C22H24F2N6O2. The second kappa shape index (κ2) is 7.75. The van der Waals surface area contributed by atoms with E-state index in [-0.39, 0.29) is 52.2 Å². The van der Waals surface area contributed by atoms with Crippen LogP contribution in [0, 0.1) is 34.8 Å². The van der Waals surface area contributed by atoms with Crippen molar-refractivity contribution < 1.29 is 18.7 Å². The number of carboxylic acids is 1. The van der Waals surface area contributed by atoms with Gasteiger partial charge in [0.25, 0.3) is 0 Å². The molecule has 32 heavy (non-hydrogen) atoms. The van der Waals surface area contributed by atoms with Gasteiger partial charge in [-0.2, -0.15) is 0 Å². The number of aliphatic carboxylic acids is 1. The molecule has 5 N–H and O–H groups in total. The number of hydrogen-bond acceptors (Lipinski definition) is 7. The minimum Gasteiger partial charge on any atom is -0.481 e. The van der Waals surface area contributed by atoms with Crippen molar-refractivity contribution in [2.24, 2.45) is 17.8 Å². The number of nitrogen functional groups attached to an aromatic ring is 1. The van der Waals surface area contributed by atoms with Gasteiger partial charge in [-0.05, 0) is 56.4 Å². The van der Waals surface area contributed by atoms with E-state index in [0.717, 1.165) is 50.8 Å². The van der Waals surface area contributed by atoms with Crippen LogP contribution in [-0.2, 0) is 4.79 Å². The fourth-order valence-corrected chi connectivity index (χ4v) is 5.24. The summed E-state index contributed by atoms with van der Waals surface area (Å²) < 4.78 is 29.1. The van der Waals surface area contributed by atoms with Crippen molar-refractivity contribution in [2.45, 2.75) is 50.5 Å². The van der Waals surface area contributed by atoms with E-state index in [1.807, 2.05) is 0 Å². The number of anilines is 2. The molecule has 0 saturated heterocycles. The van der Waals surface area contributed by atoms with Crippen molar-refractivity contribution in [2.75, 3.05) is 11.1 Å². The van der Waals surface area contributed by atoms with Crippen LogP contribution in [0.1, 0.15) is 61.5 Å². The van der Waals surface area contributed by atoms with E-state index in [2.05, 4.69) is 20.3 Å². The standard InChI is InChI=1S/C22H24F2N6O2/c23-12-7-13(19(26)27-8-12)16(25)21-29-18(11-5-6-11)15(24)20(30-21)28-17-10-3-1-9(2-4-10)14(17)22(31)32/h7-11,14,17,25H,1-6H2,(H2,26,27)(H,31,32)(H,28,29,30)/t9?,10?,14-,17-/m0/s1. The minimum atomic E-state index is -0.889. The molecule has 2 atom stereocenters. The SMILES string of the molecule is N=C(c1nc(N[C@H]2C3CCC(CC3)[C@@H]2C(=O)O)c(F)c(C2CC2)n1)c1cc(F)cnc1N. The molecule has 0 aliphatic heterocycles. The van der Waals surface area contributed by atoms with Gasteiger partial charge in [-0.15, -0.1) is 0 Å². The van der Waals surface area contributed by atoms with Crippen LogP contribution in [0.25, 0.3) is 0 Å². The zero-order valence-electron chi connectivity index (χ0n) is 17.3. The summed E-state index contributed by atoms with van der Waals surface area (Å²) in [7, 11) is 0. The number of hydrogen-bond donors (Lipinski definition) is 4. The number of carbonyl (C=O) groups is 1. The van der Waals surface area contributed by atoms with E-state index in [1.165, 1.54) is 0 Å². The first kappa shape index (κ1) is 20.7. The summed E-state index contributed by atoms with van der Waals surface area (Å²) in [5.41, 5.74) is 5.76. The number of rotatable bonds is 6. The normalized spacial score (nSPS) is 26.7.